The molecule has 2 aliphatic heterocycles. The quantitative estimate of drug-likeness (QED) is 0.318. The standard InChI is InChI=1S/C34H38N6O4/c1-37(2)26-11-12-27-24(19-26)13-14-40(33(27)42)31-6-4-5-28(29(31)22-41)30-21-38(3)34(43)32(36-30)35-25-9-7-23(8-10-25)20-39-15-17-44-18-16-39/h4-12,19,21,41H,13-18,20,22H2,1-3H3,(H,35,36). The van der Waals surface area contributed by atoms with E-state index in [1.165, 1.54) is 10.1 Å². The van der Waals surface area contributed by atoms with E-state index in [4.69, 9.17) is 9.72 Å². The van der Waals surface area contributed by atoms with E-state index in [1.807, 2.05) is 61.5 Å². The summed E-state index contributed by atoms with van der Waals surface area (Å²) in [6, 6.07) is 19.5. The molecule has 10 heteroatoms. The number of aromatic nitrogens is 2. The van der Waals surface area contributed by atoms with Crippen molar-refractivity contribution in [2.75, 3.05) is 62.1 Å². The smallest absolute Gasteiger partial charge is 0.293 e. The maximum Gasteiger partial charge on any atom is 0.293 e. The van der Waals surface area contributed by atoms with Crippen LogP contribution in [0.2, 0.25) is 0 Å². The molecule has 0 bridgehead atoms. The topological polar surface area (TPSA) is 103 Å². The van der Waals surface area contributed by atoms with Gasteiger partial charge in [-0.2, -0.15) is 0 Å². The molecule has 0 aliphatic carbocycles. The lowest BCUT2D eigenvalue weighted by Gasteiger charge is -2.31. The molecular formula is C34H38N6O4. The number of aryl methyl sites for hydroxylation is 1. The average molecular weight is 595 g/mol. The first-order chi connectivity index (χ1) is 21.3. The summed E-state index contributed by atoms with van der Waals surface area (Å²) in [4.78, 5) is 37.6. The number of morpholine rings is 1. The number of amides is 1. The second-order valence-electron chi connectivity index (χ2n) is 11.5. The molecule has 0 unspecified atom stereocenters. The van der Waals surface area contributed by atoms with Gasteiger partial charge in [-0.1, -0.05) is 24.3 Å². The van der Waals surface area contributed by atoms with Crippen molar-refractivity contribution >= 4 is 28.8 Å². The third kappa shape index (κ3) is 5.96. The van der Waals surface area contributed by atoms with Gasteiger partial charge in [0.2, 0.25) is 0 Å². The highest BCUT2D eigenvalue weighted by atomic mass is 16.5. The van der Waals surface area contributed by atoms with Gasteiger partial charge in [0.05, 0.1) is 31.2 Å². The van der Waals surface area contributed by atoms with Gasteiger partial charge in [0.25, 0.3) is 11.5 Å². The molecule has 228 valence electrons. The predicted molar refractivity (Wildman–Crippen MR) is 173 cm³/mol. The number of benzene rings is 3. The van der Waals surface area contributed by atoms with Gasteiger partial charge in [-0.15, -0.1) is 0 Å². The van der Waals surface area contributed by atoms with E-state index >= 15 is 0 Å². The minimum Gasteiger partial charge on any atom is -0.392 e. The zero-order chi connectivity index (χ0) is 30.8. The van der Waals surface area contributed by atoms with Crippen molar-refractivity contribution in [3.63, 3.8) is 0 Å². The molecule has 2 aliphatic rings. The summed E-state index contributed by atoms with van der Waals surface area (Å²) in [6.07, 6.45) is 2.36. The Hall–Kier alpha value is -4.51. The van der Waals surface area contributed by atoms with Crippen LogP contribution >= 0.6 is 0 Å². The van der Waals surface area contributed by atoms with Crippen LogP contribution in [0.4, 0.5) is 22.9 Å². The SMILES string of the molecule is CN(C)c1ccc2c(c1)CCN(c1cccc(-c3cn(C)c(=O)c(Nc4ccc(CN5CCOCC5)cc4)n3)c1CO)C2=O. The van der Waals surface area contributed by atoms with Crippen LogP contribution in [0.1, 0.15) is 27.0 Å². The van der Waals surface area contributed by atoms with E-state index in [-0.39, 0.29) is 23.9 Å². The Morgan fingerprint density at radius 2 is 1.75 bits per heavy atom. The number of nitrogens with zero attached hydrogens (tertiary/aromatic N) is 5. The summed E-state index contributed by atoms with van der Waals surface area (Å²) in [7, 11) is 5.64. The maximum absolute atomic E-state index is 13.7. The molecule has 1 fully saturated rings. The van der Waals surface area contributed by atoms with Crippen molar-refractivity contribution < 1.29 is 14.6 Å². The lowest BCUT2D eigenvalue weighted by molar-refractivity contribution is 0.0342. The zero-order valence-electron chi connectivity index (χ0n) is 25.4. The van der Waals surface area contributed by atoms with Gasteiger partial charge < -0.3 is 29.5 Å². The van der Waals surface area contributed by atoms with Crippen LogP contribution in [0.25, 0.3) is 11.3 Å². The van der Waals surface area contributed by atoms with Crippen LogP contribution < -0.4 is 20.7 Å². The fraction of sp³-hybridized carbons (Fsp3) is 0.324. The molecule has 0 atom stereocenters. The second-order valence-corrected chi connectivity index (χ2v) is 11.5. The van der Waals surface area contributed by atoms with Gasteiger partial charge in [0, 0.05) is 81.6 Å². The van der Waals surface area contributed by atoms with Gasteiger partial charge in [-0.3, -0.25) is 14.5 Å². The first-order valence-electron chi connectivity index (χ1n) is 14.9. The molecule has 1 saturated heterocycles. The van der Waals surface area contributed by atoms with Crippen molar-refractivity contribution in [2.45, 2.75) is 19.6 Å². The summed E-state index contributed by atoms with van der Waals surface area (Å²) in [5, 5.41) is 13.8. The number of anilines is 4. The largest absolute Gasteiger partial charge is 0.392 e. The van der Waals surface area contributed by atoms with Crippen molar-refractivity contribution in [2.24, 2.45) is 7.05 Å². The number of carbonyl (C=O) groups excluding carboxylic acids is 1. The summed E-state index contributed by atoms with van der Waals surface area (Å²) >= 11 is 0. The first-order valence-corrected chi connectivity index (χ1v) is 14.9. The summed E-state index contributed by atoms with van der Waals surface area (Å²) in [6.45, 7) is 4.40. The van der Waals surface area contributed by atoms with E-state index in [9.17, 15) is 14.7 Å². The number of nitrogens with one attached hydrogen (secondary N) is 1. The molecule has 1 amide bonds. The van der Waals surface area contributed by atoms with Crippen molar-refractivity contribution in [1.82, 2.24) is 14.5 Å². The minimum atomic E-state index is -0.292. The molecule has 3 aromatic carbocycles. The Morgan fingerprint density at radius 1 is 0.977 bits per heavy atom. The fourth-order valence-corrected chi connectivity index (χ4v) is 5.88. The molecule has 3 heterocycles. The van der Waals surface area contributed by atoms with Crippen molar-refractivity contribution in [3.8, 4) is 11.3 Å². The van der Waals surface area contributed by atoms with Crippen LogP contribution in [-0.2, 0) is 31.4 Å². The average Bonchev–Trinajstić information content (AvgIpc) is 3.04. The monoisotopic (exact) mass is 594 g/mol. The van der Waals surface area contributed by atoms with E-state index < -0.39 is 0 Å². The normalized spacial score (nSPS) is 15.3. The van der Waals surface area contributed by atoms with Gasteiger partial charge in [-0.05, 0) is 53.9 Å². The van der Waals surface area contributed by atoms with Gasteiger partial charge in [0.15, 0.2) is 5.82 Å². The fourth-order valence-electron chi connectivity index (χ4n) is 5.88. The Balaban J connectivity index is 1.27. The van der Waals surface area contributed by atoms with Crippen molar-refractivity contribution in [1.29, 1.82) is 0 Å². The Labute approximate surface area is 257 Å². The zero-order valence-corrected chi connectivity index (χ0v) is 25.4. The number of hydrogen-bond acceptors (Lipinski definition) is 8. The van der Waals surface area contributed by atoms with Crippen LogP contribution in [0.5, 0.6) is 0 Å². The molecule has 4 aromatic rings. The summed E-state index contributed by atoms with van der Waals surface area (Å²) in [5.74, 6) is 0.0798. The van der Waals surface area contributed by atoms with Gasteiger partial charge in [-0.25, -0.2) is 4.98 Å². The van der Waals surface area contributed by atoms with Gasteiger partial charge >= 0.3 is 0 Å². The van der Waals surface area contributed by atoms with Crippen LogP contribution in [0.15, 0.2) is 71.7 Å². The molecule has 0 spiro atoms. The highest BCUT2D eigenvalue weighted by Crippen LogP contribution is 2.34. The lowest BCUT2D eigenvalue weighted by atomic mass is 9.95. The molecule has 2 N–H and O–H groups in total. The third-order valence-corrected chi connectivity index (χ3v) is 8.36. The predicted octanol–water partition coefficient (Wildman–Crippen LogP) is 3.78. The van der Waals surface area contributed by atoms with Gasteiger partial charge in [0.1, 0.15) is 0 Å². The number of hydrogen-bond donors (Lipinski definition) is 2. The molecule has 6 rings (SSSR count). The van der Waals surface area contributed by atoms with Crippen LogP contribution in [0.3, 0.4) is 0 Å². The minimum absolute atomic E-state index is 0.101. The summed E-state index contributed by atoms with van der Waals surface area (Å²) in [5.41, 5.74) is 6.80. The number of fused-ring (bicyclic) bond motifs is 1. The highest BCUT2D eigenvalue weighted by Gasteiger charge is 2.28. The highest BCUT2D eigenvalue weighted by molar-refractivity contribution is 6.09. The molecule has 44 heavy (non-hydrogen) atoms. The number of ether oxygens (including phenoxy) is 1. The number of carbonyl (C=O) groups is 1. The van der Waals surface area contributed by atoms with Crippen molar-refractivity contribution in [3.05, 3.63) is 99.5 Å². The Kier molecular flexibility index (Phi) is 8.47. The molecule has 0 radical (unpaired) electrons. The van der Waals surface area contributed by atoms with E-state index in [2.05, 4.69) is 28.4 Å². The van der Waals surface area contributed by atoms with Crippen LogP contribution in [0, 0.1) is 0 Å². The Morgan fingerprint density at radius 3 is 2.48 bits per heavy atom. The first kappa shape index (κ1) is 29.6. The molecule has 0 saturated carbocycles. The maximum atomic E-state index is 13.7. The number of aliphatic hydroxyl groups is 1. The van der Waals surface area contributed by atoms with E-state index in [1.54, 1.807) is 18.1 Å². The number of rotatable bonds is 8. The summed E-state index contributed by atoms with van der Waals surface area (Å²) < 4.78 is 6.92. The van der Waals surface area contributed by atoms with E-state index in [0.717, 1.165) is 49.8 Å². The van der Waals surface area contributed by atoms with Crippen LogP contribution in [-0.4, -0.2) is 72.4 Å². The second kappa shape index (κ2) is 12.6. The lowest BCUT2D eigenvalue weighted by Crippen LogP contribution is -2.38. The third-order valence-electron chi connectivity index (χ3n) is 8.36. The molecule has 1 aromatic heterocycles. The molecule has 10 nitrogen and oxygen atoms in total. The number of aliphatic hydroxyl groups excluding tert-OH is 1. The molecular weight excluding hydrogens is 556 g/mol. The Bertz CT molecular complexity index is 1730. The van der Waals surface area contributed by atoms with E-state index in [0.29, 0.717) is 41.0 Å².